The lowest BCUT2D eigenvalue weighted by Gasteiger charge is -2.23. The standard InChI is InChI=1S/C20H21BrN4O2/c21-15-5-3-4-14(12-15)19(26)23-16-8-9-18(22-13-16)25-11-10-24(20(25)27)17-6-1-2-7-17/h3-5,8-9,12-13,17H,1-2,6-7,10-11H2,(H,23,26). The molecule has 1 aliphatic heterocycles. The number of carbonyl (C=O) groups excluding carboxylic acids is 2. The minimum Gasteiger partial charge on any atom is -0.321 e. The summed E-state index contributed by atoms with van der Waals surface area (Å²) in [5.41, 5.74) is 1.17. The molecule has 27 heavy (non-hydrogen) atoms. The number of rotatable bonds is 4. The van der Waals surface area contributed by atoms with Crippen molar-refractivity contribution in [1.82, 2.24) is 9.88 Å². The van der Waals surface area contributed by atoms with Crippen LogP contribution in [0, 0.1) is 0 Å². The van der Waals surface area contributed by atoms with Crippen LogP contribution in [0.1, 0.15) is 36.0 Å². The first-order chi connectivity index (χ1) is 13.1. The number of nitrogens with one attached hydrogen (secondary N) is 1. The lowest BCUT2D eigenvalue weighted by Crippen LogP contribution is -2.38. The van der Waals surface area contributed by atoms with Gasteiger partial charge in [-0.1, -0.05) is 34.8 Å². The van der Waals surface area contributed by atoms with Crippen LogP contribution in [0.4, 0.5) is 16.3 Å². The minimum atomic E-state index is -0.199. The molecule has 2 heterocycles. The van der Waals surface area contributed by atoms with Crippen molar-refractivity contribution < 1.29 is 9.59 Å². The van der Waals surface area contributed by atoms with Gasteiger partial charge in [0.1, 0.15) is 5.82 Å². The largest absolute Gasteiger partial charge is 0.326 e. The van der Waals surface area contributed by atoms with Crippen molar-refractivity contribution >= 4 is 39.4 Å². The van der Waals surface area contributed by atoms with Crippen molar-refractivity contribution in [2.45, 2.75) is 31.7 Å². The molecule has 0 radical (unpaired) electrons. The van der Waals surface area contributed by atoms with Crippen molar-refractivity contribution in [1.29, 1.82) is 0 Å². The number of hydrogen-bond acceptors (Lipinski definition) is 3. The molecule has 0 bridgehead atoms. The summed E-state index contributed by atoms with van der Waals surface area (Å²) in [6.45, 7) is 1.42. The van der Waals surface area contributed by atoms with Crippen molar-refractivity contribution in [3.63, 3.8) is 0 Å². The molecule has 0 unspecified atom stereocenters. The Balaban J connectivity index is 1.42. The summed E-state index contributed by atoms with van der Waals surface area (Å²) in [7, 11) is 0. The zero-order valence-corrected chi connectivity index (χ0v) is 16.5. The van der Waals surface area contributed by atoms with Gasteiger partial charge in [0.05, 0.1) is 11.9 Å². The molecule has 140 valence electrons. The van der Waals surface area contributed by atoms with E-state index in [2.05, 4.69) is 26.2 Å². The maximum absolute atomic E-state index is 12.7. The maximum atomic E-state index is 12.7. The summed E-state index contributed by atoms with van der Waals surface area (Å²) in [6, 6.07) is 11.2. The van der Waals surface area contributed by atoms with Gasteiger partial charge < -0.3 is 10.2 Å². The van der Waals surface area contributed by atoms with Crippen molar-refractivity contribution in [3.05, 3.63) is 52.6 Å². The molecule has 1 saturated heterocycles. The molecular formula is C20H21BrN4O2. The number of pyridine rings is 1. The lowest BCUT2D eigenvalue weighted by molar-refractivity contribution is 0.102. The molecule has 4 rings (SSSR count). The highest BCUT2D eigenvalue weighted by Gasteiger charge is 2.36. The zero-order valence-electron chi connectivity index (χ0n) is 14.9. The molecule has 3 amide bonds. The summed E-state index contributed by atoms with van der Waals surface area (Å²) >= 11 is 3.36. The molecule has 1 saturated carbocycles. The first-order valence-corrected chi connectivity index (χ1v) is 10.0. The fourth-order valence-corrected chi connectivity index (χ4v) is 4.17. The fraction of sp³-hybridized carbons (Fsp3) is 0.350. The van der Waals surface area contributed by atoms with Crippen molar-refractivity contribution in [2.24, 2.45) is 0 Å². The van der Waals surface area contributed by atoms with Gasteiger partial charge in [-0.3, -0.25) is 9.69 Å². The van der Waals surface area contributed by atoms with E-state index in [1.54, 1.807) is 35.4 Å². The number of carbonyl (C=O) groups is 2. The number of amides is 3. The number of nitrogens with zero attached hydrogens (tertiary/aromatic N) is 3. The average Bonchev–Trinajstić information content (AvgIpc) is 3.32. The molecule has 1 aliphatic carbocycles. The number of hydrogen-bond donors (Lipinski definition) is 1. The zero-order chi connectivity index (χ0) is 18.8. The summed E-state index contributed by atoms with van der Waals surface area (Å²) in [6.07, 6.45) is 6.22. The van der Waals surface area contributed by atoms with E-state index in [1.165, 1.54) is 12.8 Å². The quantitative estimate of drug-likeness (QED) is 0.789. The highest BCUT2D eigenvalue weighted by Crippen LogP contribution is 2.28. The van der Waals surface area contributed by atoms with Gasteiger partial charge in [0.25, 0.3) is 5.91 Å². The number of anilines is 2. The van der Waals surface area contributed by atoms with Gasteiger partial charge in [-0.25, -0.2) is 9.78 Å². The monoisotopic (exact) mass is 428 g/mol. The summed E-state index contributed by atoms with van der Waals surface area (Å²) in [5.74, 6) is 0.427. The predicted molar refractivity (Wildman–Crippen MR) is 108 cm³/mol. The Bertz CT molecular complexity index is 849. The number of benzene rings is 1. The van der Waals surface area contributed by atoms with Gasteiger partial charge >= 0.3 is 6.03 Å². The van der Waals surface area contributed by atoms with Gasteiger partial charge in [-0.15, -0.1) is 0 Å². The third-order valence-corrected chi connectivity index (χ3v) is 5.67. The molecule has 2 fully saturated rings. The van der Waals surface area contributed by atoms with Crippen LogP contribution in [-0.2, 0) is 0 Å². The SMILES string of the molecule is O=C(Nc1ccc(N2CCN(C3CCCC3)C2=O)nc1)c1cccc(Br)c1. The Morgan fingerprint density at radius 2 is 1.96 bits per heavy atom. The van der Waals surface area contributed by atoms with Crippen LogP contribution < -0.4 is 10.2 Å². The Hall–Kier alpha value is -2.41. The second kappa shape index (κ2) is 7.68. The Kier molecular flexibility index (Phi) is 5.11. The average molecular weight is 429 g/mol. The minimum absolute atomic E-state index is 0.0420. The van der Waals surface area contributed by atoms with E-state index in [0.29, 0.717) is 29.7 Å². The third kappa shape index (κ3) is 3.83. The predicted octanol–water partition coefficient (Wildman–Crippen LogP) is 4.28. The highest BCUT2D eigenvalue weighted by atomic mass is 79.9. The maximum Gasteiger partial charge on any atom is 0.326 e. The molecule has 2 aromatic rings. The molecular weight excluding hydrogens is 408 g/mol. The smallest absolute Gasteiger partial charge is 0.321 e. The third-order valence-electron chi connectivity index (χ3n) is 5.18. The van der Waals surface area contributed by atoms with Crippen LogP contribution in [0.5, 0.6) is 0 Å². The van der Waals surface area contributed by atoms with Crippen LogP contribution in [0.2, 0.25) is 0 Å². The van der Waals surface area contributed by atoms with E-state index in [1.807, 2.05) is 17.0 Å². The van der Waals surface area contributed by atoms with Crippen molar-refractivity contribution in [2.75, 3.05) is 23.3 Å². The second-order valence-corrected chi connectivity index (χ2v) is 7.85. The Labute approximate surface area is 166 Å². The summed E-state index contributed by atoms with van der Waals surface area (Å²) in [4.78, 5) is 33.1. The highest BCUT2D eigenvalue weighted by molar-refractivity contribution is 9.10. The van der Waals surface area contributed by atoms with Crippen LogP contribution in [0.3, 0.4) is 0 Å². The molecule has 2 aliphatic rings. The second-order valence-electron chi connectivity index (χ2n) is 6.94. The Morgan fingerprint density at radius 3 is 2.67 bits per heavy atom. The lowest BCUT2D eigenvalue weighted by atomic mass is 10.2. The number of urea groups is 1. The van der Waals surface area contributed by atoms with Gasteiger partial charge in [-0.2, -0.15) is 0 Å². The van der Waals surface area contributed by atoms with Gasteiger partial charge in [-0.05, 0) is 43.2 Å². The molecule has 1 aromatic heterocycles. The molecule has 1 N–H and O–H groups in total. The van der Waals surface area contributed by atoms with E-state index in [-0.39, 0.29) is 11.9 Å². The molecule has 6 nitrogen and oxygen atoms in total. The van der Waals surface area contributed by atoms with Crippen molar-refractivity contribution in [3.8, 4) is 0 Å². The van der Waals surface area contributed by atoms with Crippen LogP contribution in [0.25, 0.3) is 0 Å². The fourth-order valence-electron chi connectivity index (χ4n) is 3.77. The first-order valence-electron chi connectivity index (χ1n) is 9.23. The summed E-state index contributed by atoms with van der Waals surface area (Å²) < 4.78 is 0.850. The number of aromatic nitrogens is 1. The van der Waals surface area contributed by atoms with Gasteiger partial charge in [0.15, 0.2) is 0 Å². The van der Waals surface area contributed by atoms with E-state index >= 15 is 0 Å². The Morgan fingerprint density at radius 1 is 1.15 bits per heavy atom. The van der Waals surface area contributed by atoms with Gasteiger partial charge in [0.2, 0.25) is 0 Å². The van der Waals surface area contributed by atoms with E-state index < -0.39 is 0 Å². The van der Waals surface area contributed by atoms with Crippen LogP contribution in [-0.4, -0.2) is 41.0 Å². The van der Waals surface area contributed by atoms with Gasteiger partial charge in [0, 0.05) is 29.2 Å². The molecule has 0 atom stereocenters. The van der Waals surface area contributed by atoms with E-state index in [0.717, 1.165) is 23.9 Å². The normalized spacial score (nSPS) is 17.6. The molecule has 1 aromatic carbocycles. The molecule has 0 spiro atoms. The van der Waals surface area contributed by atoms with Crippen LogP contribution >= 0.6 is 15.9 Å². The van der Waals surface area contributed by atoms with Crippen LogP contribution in [0.15, 0.2) is 47.1 Å². The van der Waals surface area contributed by atoms with E-state index in [9.17, 15) is 9.59 Å². The van der Waals surface area contributed by atoms with E-state index in [4.69, 9.17) is 0 Å². The summed E-state index contributed by atoms with van der Waals surface area (Å²) in [5, 5.41) is 2.83. The topological polar surface area (TPSA) is 65.5 Å². The number of halogens is 1. The first kappa shape index (κ1) is 18.0. The molecule has 7 heteroatoms.